The van der Waals surface area contributed by atoms with Crippen LogP contribution in [0.4, 0.5) is 5.82 Å². The van der Waals surface area contributed by atoms with Gasteiger partial charge in [-0.05, 0) is 30.0 Å². The maximum atomic E-state index is 5.78. The normalized spacial score (nSPS) is 10.6. The van der Waals surface area contributed by atoms with Gasteiger partial charge in [0.05, 0.1) is 12.4 Å². The van der Waals surface area contributed by atoms with Gasteiger partial charge in [-0.3, -0.25) is 4.98 Å². The minimum atomic E-state index is 0.474. The monoisotopic (exact) mass is 271 g/mol. The molecule has 0 atom stereocenters. The molecule has 106 valence electrons. The fraction of sp³-hybridized carbons (Fsp3) is 0.375. The number of nitrogens with zero attached hydrogens (tertiary/aromatic N) is 2. The number of hydrogen-bond acceptors (Lipinski definition) is 4. The molecule has 0 amide bonds. The minimum Gasteiger partial charge on any atom is -0.437 e. The molecule has 0 saturated carbocycles. The van der Waals surface area contributed by atoms with Crippen molar-refractivity contribution in [1.29, 1.82) is 0 Å². The summed E-state index contributed by atoms with van der Waals surface area (Å²) in [5.41, 5.74) is 1.25. The zero-order valence-electron chi connectivity index (χ0n) is 12.3. The highest BCUT2D eigenvalue weighted by molar-refractivity contribution is 5.36. The van der Waals surface area contributed by atoms with Crippen molar-refractivity contribution in [1.82, 2.24) is 9.97 Å². The fourth-order valence-electron chi connectivity index (χ4n) is 1.79. The van der Waals surface area contributed by atoms with Crippen molar-refractivity contribution in [3.8, 4) is 11.6 Å². The third-order valence-electron chi connectivity index (χ3n) is 2.92. The molecule has 0 aliphatic rings. The molecule has 2 rings (SSSR count). The first-order valence-corrected chi connectivity index (χ1v) is 7.02. The number of anilines is 1. The minimum absolute atomic E-state index is 0.474. The van der Waals surface area contributed by atoms with E-state index < -0.39 is 0 Å². The van der Waals surface area contributed by atoms with Gasteiger partial charge in [0, 0.05) is 6.54 Å². The Kier molecular flexibility index (Phi) is 4.93. The summed E-state index contributed by atoms with van der Waals surface area (Å²) in [5.74, 6) is 2.51. The third kappa shape index (κ3) is 3.95. The van der Waals surface area contributed by atoms with Crippen LogP contribution < -0.4 is 10.1 Å². The van der Waals surface area contributed by atoms with E-state index in [-0.39, 0.29) is 0 Å². The predicted molar refractivity (Wildman–Crippen MR) is 81.4 cm³/mol. The van der Waals surface area contributed by atoms with E-state index in [9.17, 15) is 0 Å². The molecule has 0 aliphatic carbocycles. The van der Waals surface area contributed by atoms with E-state index in [4.69, 9.17) is 4.74 Å². The van der Waals surface area contributed by atoms with Crippen molar-refractivity contribution >= 4 is 5.82 Å². The largest absolute Gasteiger partial charge is 0.437 e. The number of rotatable bonds is 6. The maximum Gasteiger partial charge on any atom is 0.239 e. The molecule has 2 aromatic rings. The Bertz CT molecular complexity index is 555. The number of benzene rings is 1. The van der Waals surface area contributed by atoms with Crippen LogP contribution in [-0.2, 0) is 0 Å². The molecule has 0 bridgehead atoms. The van der Waals surface area contributed by atoms with Gasteiger partial charge in [0.15, 0.2) is 0 Å². The van der Waals surface area contributed by atoms with Gasteiger partial charge in [0.1, 0.15) is 11.6 Å². The second-order valence-electron chi connectivity index (χ2n) is 5.00. The highest BCUT2D eigenvalue weighted by Crippen LogP contribution is 2.24. The zero-order chi connectivity index (χ0) is 14.4. The first kappa shape index (κ1) is 14.3. The molecule has 0 unspecified atom stereocenters. The van der Waals surface area contributed by atoms with Crippen LogP contribution in [0.3, 0.4) is 0 Å². The summed E-state index contributed by atoms with van der Waals surface area (Å²) in [6, 6.07) is 8.07. The SMILES string of the molecule is CCCNc1cncc(Oc2cccc(C(C)C)c2)n1. The Balaban J connectivity index is 2.11. The van der Waals surface area contributed by atoms with Gasteiger partial charge in [0.25, 0.3) is 0 Å². The van der Waals surface area contributed by atoms with Gasteiger partial charge < -0.3 is 10.1 Å². The van der Waals surface area contributed by atoms with Gasteiger partial charge >= 0.3 is 0 Å². The molecule has 0 radical (unpaired) electrons. The summed E-state index contributed by atoms with van der Waals surface area (Å²) in [4.78, 5) is 8.53. The van der Waals surface area contributed by atoms with Crippen molar-refractivity contribution in [2.75, 3.05) is 11.9 Å². The van der Waals surface area contributed by atoms with Crippen LogP contribution in [0.25, 0.3) is 0 Å². The Morgan fingerprint density at radius 3 is 2.85 bits per heavy atom. The average molecular weight is 271 g/mol. The molecule has 4 nitrogen and oxygen atoms in total. The highest BCUT2D eigenvalue weighted by atomic mass is 16.5. The Morgan fingerprint density at radius 2 is 2.10 bits per heavy atom. The van der Waals surface area contributed by atoms with Crippen LogP contribution in [0, 0.1) is 0 Å². The Hall–Kier alpha value is -2.10. The van der Waals surface area contributed by atoms with E-state index in [0.29, 0.717) is 11.8 Å². The van der Waals surface area contributed by atoms with E-state index in [1.807, 2.05) is 18.2 Å². The first-order chi connectivity index (χ1) is 9.69. The fourth-order valence-corrected chi connectivity index (χ4v) is 1.79. The van der Waals surface area contributed by atoms with Crippen LogP contribution in [0.5, 0.6) is 11.6 Å². The van der Waals surface area contributed by atoms with E-state index in [0.717, 1.165) is 24.5 Å². The molecule has 4 heteroatoms. The third-order valence-corrected chi connectivity index (χ3v) is 2.92. The molecule has 1 aromatic carbocycles. The number of aromatic nitrogens is 2. The maximum absolute atomic E-state index is 5.78. The lowest BCUT2D eigenvalue weighted by molar-refractivity contribution is 0.460. The molecular formula is C16H21N3O. The summed E-state index contributed by atoms with van der Waals surface area (Å²) < 4.78 is 5.78. The summed E-state index contributed by atoms with van der Waals surface area (Å²) in [5, 5.41) is 3.20. The number of ether oxygens (including phenoxy) is 1. The Morgan fingerprint density at radius 1 is 1.25 bits per heavy atom. The predicted octanol–water partition coefficient (Wildman–Crippen LogP) is 4.21. The van der Waals surface area contributed by atoms with Crippen LogP contribution >= 0.6 is 0 Å². The molecule has 0 spiro atoms. The second-order valence-corrected chi connectivity index (χ2v) is 5.00. The molecule has 0 saturated heterocycles. The van der Waals surface area contributed by atoms with Crippen LogP contribution in [0.15, 0.2) is 36.7 Å². The second kappa shape index (κ2) is 6.89. The average Bonchev–Trinajstić information content (AvgIpc) is 2.46. The van der Waals surface area contributed by atoms with Crippen molar-refractivity contribution < 1.29 is 4.74 Å². The molecule has 1 N–H and O–H groups in total. The first-order valence-electron chi connectivity index (χ1n) is 7.02. The zero-order valence-corrected chi connectivity index (χ0v) is 12.3. The Labute approximate surface area is 120 Å². The van der Waals surface area contributed by atoms with Crippen LogP contribution in [-0.4, -0.2) is 16.5 Å². The van der Waals surface area contributed by atoms with E-state index in [1.165, 1.54) is 5.56 Å². The lowest BCUT2D eigenvalue weighted by Gasteiger charge is -2.10. The lowest BCUT2D eigenvalue weighted by atomic mass is 10.0. The van der Waals surface area contributed by atoms with Gasteiger partial charge in [-0.1, -0.05) is 32.9 Å². The van der Waals surface area contributed by atoms with Crippen LogP contribution in [0.1, 0.15) is 38.7 Å². The smallest absolute Gasteiger partial charge is 0.239 e. The summed E-state index contributed by atoms with van der Waals surface area (Å²) >= 11 is 0. The summed E-state index contributed by atoms with van der Waals surface area (Å²) in [7, 11) is 0. The summed E-state index contributed by atoms with van der Waals surface area (Å²) in [6.07, 6.45) is 4.37. The molecule has 0 fully saturated rings. The van der Waals surface area contributed by atoms with Crippen molar-refractivity contribution in [2.24, 2.45) is 0 Å². The lowest BCUT2D eigenvalue weighted by Crippen LogP contribution is -2.03. The molecule has 1 aromatic heterocycles. The molecular weight excluding hydrogens is 250 g/mol. The standard InChI is InChI=1S/C16H21N3O/c1-4-8-18-15-10-17-11-16(19-15)20-14-7-5-6-13(9-14)12(2)3/h5-7,9-12H,4,8H2,1-3H3,(H,18,19). The van der Waals surface area contributed by atoms with Crippen LogP contribution in [0.2, 0.25) is 0 Å². The van der Waals surface area contributed by atoms with Gasteiger partial charge in [0.2, 0.25) is 5.88 Å². The van der Waals surface area contributed by atoms with Crippen molar-refractivity contribution in [3.63, 3.8) is 0 Å². The molecule has 20 heavy (non-hydrogen) atoms. The quantitative estimate of drug-likeness (QED) is 0.854. The molecule has 1 heterocycles. The number of hydrogen-bond donors (Lipinski definition) is 1. The van der Waals surface area contributed by atoms with E-state index >= 15 is 0 Å². The van der Waals surface area contributed by atoms with Crippen molar-refractivity contribution in [3.05, 3.63) is 42.2 Å². The van der Waals surface area contributed by atoms with Gasteiger partial charge in [-0.25, -0.2) is 0 Å². The topological polar surface area (TPSA) is 47.0 Å². The van der Waals surface area contributed by atoms with E-state index in [1.54, 1.807) is 12.4 Å². The molecule has 0 aliphatic heterocycles. The van der Waals surface area contributed by atoms with Gasteiger partial charge in [-0.2, -0.15) is 4.98 Å². The number of nitrogens with one attached hydrogen (secondary N) is 1. The van der Waals surface area contributed by atoms with Crippen molar-refractivity contribution in [2.45, 2.75) is 33.1 Å². The highest BCUT2D eigenvalue weighted by Gasteiger charge is 2.04. The van der Waals surface area contributed by atoms with E-state index in [2.05, 4.69) is 42.1 Å². The van der Waals surface area contributed by atoms with Gasteiger partial charge in [-0.15, -0.1) is 0 Å². The summed E-state index contributed by atoms with van der Waals surface area (Å²) in [6.45, 7) is 7.31.